The Morgan fingerprint density at radius 2 is 2.00 bits per heavy atom. The van der Waals surface area contributed by atoms with E-state index in [4.69, 9.17) is 4.74 Å². The molecule has 118 valence electrons. The molecule has 1 spiro atoms. The highest BCUT2D eigenvalue weighted by atomic mass is 19.3. The van der Waals surface area contributed by atoms with Crippen LogP contribution >= 0.6 is 0 Å². The molecular weight excluding hydrogens is 282 g/mol. The summed E-state index contributed by atoms with van der Waals surface area (Å²) >= 11 is 0. The molecule has 2 aliphatic heterocycles. The summed E-state index contributed by atoms with van der Waals surface area (Å²) in [5, 5.41) is 0. The van der Waals surface area contributed by atoms with Crippen molar-refractivity contribution in [3.8, 4) is 0 Å². The topological polar surface area (TPSA) is 49.9 Å². The van der Waals surface area contributed by atoms with Crippen LogP contribution in [0.25, 0.3) is 0 Å². The Hall–Kier alpha value is -1.24. The summed E-state index contributed by atoms with van der Waals surface area (Å²) in [6.45, 7) is 1.64. The molecule has 2 saturated heterocycles. The monoisotopic (exact) mass is 302 g/mol. The predicted octanol–water partition coefficient (Wildman–Crippen LogP) is 0.882. The van der Waals surface area contributed by atoms with Gasteiger partial charge in [0.2, 0.25) is 11.8 Å². The molecule has 3 rings (SSSR count). The molecule has 0 aromatic rings. The van der Waals surface area contributed by atoms with Crippen LogP contribution in [-0.4, -0.2) is 66.4 Å². The van der Waals surface area contributed by atoms with E-state index in [0.29, 0.717) is 32.5 Å². The van der Waals surface area contributed by atoms with Crippen molar-refractivity contribution in [2.45, 2.75) is 37.2 Å². The average molecular weight is 302 g/mol. The van der Waals surface area contributed by atoms with Gasteiger partial charge in [-0.25, -0.2) is 8.78 Å². The van der Waals surface area contributed by atoms with Gasteiger partial charge in [0.1, 0.15) is 6.61 Å². The lowest BCUT2D eigenvalue weighted by Crippen LogP contribution is -2.58. The maximum atomic E-state index is 12.9. The molecule has 1 atom stereocenters. The zero-order valence-electron chi connectivity index (χ0n) is 12.1. The highest BCUT2D eigenvalue weighted by Crippen LogP contribution is 2.50. The SMILES string of the molecule is CN1CC2(CCN(C(=O)CC3CC3(F)F)CC2)OCC1=O. The molecule has 2 amide bonds. The Bertz CT molecular complexity index is 461. The van der Waals surface area contributed by atoms with E-state index >= 15 is 0 Å². The van der Waals surface area contributed by atoms with Crippen LogP contribution in [0, 0.1) is 5.92 Å². The Morgan fingerprint density at radius 1 is 1.38 bits per heavy atom. The normalized spacial score (nSPS) is 30.6. The lowest BCUT2D eigenvalue weighted by molar-refractivity contribution is -0.171. The highest BCUT2D eigenvalue weighted by Gasteiger charge is 2.57. The number of piperidine rings is 1. The lowest BCUT2D eigenvalue weighted by atomic mass is 9.89. The number of carbonyl (C=O) groups is 2. The lowest BCUT2D eigenvalue weighted by Gasteiger charge is -2.46. The number of rotatable bonds is 2. The van der Waals surface area contributed by atoms with Gasteiger partial charge in [-0.2, -0.15) is 0 Å². The predicted molar refractivity (Wildman–Crippen MR) is 69.8 cm³/mol. The molecule has 7 heteroatoms. The minimum atomic E-state index is -2.64. The van der Waals surface area contributed by atoms with Crippen LogP contribution in [0.5, 0.6) is 0 Å². The Morgan fingerprint density at radius 3 is 2.52 bits per heavy atom. The number of halogens is 2. The van der Waals surface area contributed by atoms with E-state index in [0.717, 1.165) is 0 Å². The van der Waals surface area contributed by atoms with E-state index in [1.165, 1.54) is 0 Å². The summed E-state index contributed by atoms with van der Waals surface area (Å²) in [5.41, 5.74) is -0.372. The number of hydrogen-bond acceptors (Lipinski definition) is 3. The molecule has 3 fully saturated rings. The zero-order valence-corrected chi connectivity index (χ0v) is 12.1. The van der Waals surface area contributed by atoms with Gasteiger partial charge in [-0.15, -0.1) is 0 Å². The van der Waals surface area contributed by atoms with Gasteiger partial charge < -0.3 is 14.5 Å². The van der Waals surface area contributed by atoms with Crippen molar-refractivity contribution in [1.82, 2.24) is 9.80 Å². The van der Waals surface area contributed by atoms with Gasteiger partial charge in [0.15, 0.2) is 0 Å². The molecule has 3 aliphatic rings. The first-order valence-electron chi connectivity index (χ1n) is 7.35. The molecule has 0 bridgehead atoms. The number of likely N-dealkylation sites (tertiary alicyclic amines) is 1. The number of ether oxygens (including phenoxy) is 1. The van der Waals surface area contributed by atoms with Gasteiger partial charge in [0.05, 0.1) is 5.60 Å². The Kier molecular flexibility index (Phi) is 3.43. The molecule has 0 aromatic carbocycles. The third-order valence-electron chi connectivity index (χ3n) is 4.86. The molecule has 21 heavy (non-hydrogen) atoms. The molecule has 0 radical (unpaired) electrons. The summed E-state index contributed by atoms with van der Waals surface area (Å²) in [4.78, 5) is 26.8. The van der Waals surface area contributed by atoms with Gasteiger partial charge in [0.25, 0.3) is 5.92 Å². The van der Waals surface area contributed by atoms with Gasteiger partial charge >= 0.3 is 0 Å². The first-order chi connectivity index (χ1) is 9.81. The van der Waals surface area contributed by atoms with Crippen molar-refractivity contribution in [2.75, 3.05) is 33.3 Å². The van der Waals surface area contributed by atoms with Gasteiger partial charge in [-0.05, 0) is 12.8 Å². The van der Waals surface area contributed by atoms with Crippen molar-refractivity contribution in [1.29, 1.82) is 0 Å². The molecule has 0 N–H and O–H groups in total. The number of likely N-dealkylation sites (N-methyl/N-ethyl adjacent to an activating group) is 1. The van der Waals surface area contributed by atoms with Gasteiger partial charge in [-0.1, -0.05) is 0 Å². The van der Waals surface area contributed by atoms with Crippen molar-refractivity contribution < 1.29 is 23.1 Å². The van der Waals surface area contributed by atoms with Crippen molar-refractivity contribution in [3.63, 3.8) is 0 Å². The van der Waals surface area contributed by atoms with Gasteiger partial charge in [-0.3, -0.25) is 9.59 Å². The zero-order chi connectivity index (χ0) is 15.3. The second-order valence-corrected chi connectivity index (χ2v) is 6.47. The number of hydrogen-bond donors (Lipinski definition) is 0. The van der Waals surface area contributed by atoms with Crippen LogP contribution in [0.15, 0.2) is 0 Å². The van der Waals surface area contributed by atoms with E-state index in [2.05, 4.69) is 0 Å². The molecule has 1 unspecified atom stereocenters. The third kappa shape index (κ3) is 2.88. The molecule has 1 saturated carbocycles. The molecule has 2 heterocycles. The number of amides is 2. The quantitative estimate of drug-likeness (QED) is 0.761. The fourth-order valence-corrected chi connectivity index (χ4v) is 3.19. The number of nitrogens with zero attached hydrogens (tertiary/aromatic N) is 2. The molecule has 0 aromatic heterocycles. The van der Waals surface area contributed by atoms with Crippen LogP contribution in [0.4, 0.5) is 8.78 Å². The maximum absolute atomic E-state index is 12.9. The fourth-order valence-electron chi connectivity index (χ4n) is 3.19. The second kappa shape index (κ2) is 4.90. The van der Waals surface area contributed by atoms with E-state index in [9.17, 15) is 18.4 Å². The Labute approximate surface area is 122 Å². The third-order valence-corrected chi connectivity index (χ3v) is 4.86. The van der Waals surface area contributed by atoms with E-state index in [1.54, 1.807) is 16.8 Å². The maximum Gasteiger partial charge on any atom is 0.252 e. The molecular formula is C14H20F2N2O3. The van der Waals surface area contributed by atoms with Gasteiger partial charge in [0, 0.05) is 45.4 Å². The van der Waals surface area contributed by atoms with Crippen LogP contribution in [0.3, 0.4) is 0 Å². The summed E-state index contributed by atoms with van der Waals surface area (Å²) in [7, 11) is 1.75. The first kappa shape index (κ1) is 14.7. The number of morpholine rings is 1. The van der Waals surface area contributed by atoms with E-state index in [-0.39, 0.29) is 36.9 Å². The average Bonchev–Trinajstić information content (AvgIpc) is 3.02. The minimum Gasteiger partial charge on any atom is -0.363 e. The summed E-state index contributed by atoms with van der Waals surface area (Å²) in [6.07, 6.45) is 1.08. The van der Waals surface area contributed by atoms with Crippen molar-refractivity contribution >= 4 is 11.8 Å². The van der Waals surface area contributed by atoms with E-state index < -0.39 is 11.8 Å². The van der Waals surface area contributed by atoms with Crippen LogP contribution in [-0.2, 0) is 14.3 Å². The standard InChI is InChI=1S/C14H20F2N2O3/c1-17-9-13(21-8-12(17)20)2-4-18(5-3-13)11(19)6-10-7-14(10,15)16/h10H,2-9H2,1H3. The second-order valence-electron chi connectivity index (χ2n) is 6.47. The smallest absolute Gasteiger partial charge is 0.252 e. The summed E-state index contributed by atoms with van der Waals surface area (Å²) < 4.78 is 31.4. The van der Waals surface area contributed by atoms with Crippen LogP contribution in [0.2, 0.25) is 0 Å². The first-order valence-corrected chi connectivity index (χ1v) is 7.35. The van der Waals surface area contributed by atoms with E-state index in [1.807, 2.05) is 0 Å². The Balaban J connectivity index is 1.51. The molecule has 5 nitrogen and oxygen atoms in total. The molecule has 1 aliphatic carbocycles. The largest absolute Gasteiger partial charge is 0.363 e. The fraction of sp³-hybridized carbons (Fsp3) is 0.857. The van der Waals surface area contributed by atoms with Crippen LogP contribution in [0.1, 0.15) is 25.7 Å². The highest BCUT2D eigenvalue weighted by molar-refractivity contribution is 5.78. The van der Waals surface area contributed by atoms with Crippen molar-refractivity contribution in [3.05, 3.63) is 0 Å². The number of carbonyl (C=O) groups excluding carboxylic acids is 2. The van der Waals surface area contributed by atoms with Crippen LogP contribution < -0.4 is 0 Å². The summed E-state index contributed by atoms with van der Waals surface area (Å²) in [5.74, 6) is -3.62. The number of alkyl halides is 2. The van der Waals surface area contributed by atoms with Crippen molar-refractivity contribution in [2.24, 2.45) is 5.92 Å². The minimum absolute atomic E-state index is 0.0323. The summed E-state index contributed by atoms with van der Waals surface area (Å²) in [6, 6.07) is 0.